The number of fused-ring (bicyclic) bond motifs is 5. The molecule has 3 fully saturated rings. The van der Waals surface area contributed by atoms with Crippen LogP contribution in [0.3, 0.4) is 0 Å². The quantitative estimate of drug-likeness (QED) is 0.642. The minimum atomic E-state index is -0.247. The Balaban J connectivity index is 1.70. The predicted molar refractivity (Wildman–Crippen MR) is 78.4 cm³/mol. The zero-order valence-electron chi connectivity index (χ0n) is 13.0. The number of ketones is 1. The molecule has 0 amide bonds. The molecule has 0 spiro atoms. The van der Waals surface area contributed by atoms with E-state index in [4.69, 9.17) is 4.74 Å². The number of hydrogen-bond donors (Lipinski definition) is 0. The molecule has 3 aliphatic carbocycles. The third-order valence-electron chi connectivity index (χ3n) is 7.21. The van der Waals surface area contributed by atoms with E-state index in [1.807, 2.05) is 6.08 Å². The average molecular weight is 288 g/mol. The topological polar surface area (TPSA) is 43.4 Å². The summed E-state index contributed by atoms with van der Waals surface area (Å²) >= 11 is 0. The molecule has 21 heavy (non-hydrogen) atoms. The summed E-state index contributed by atoms with van der Waals surface area (Å²) in [6.45, 7) is 5.09. The number of ether oxygens (including phenoxy) is 1. The number of carbonyl (C=O) groups is 2. The van der Waals surface area contributed by atoms with Crippen molar-refractivity contribution in [3.8, 4) is 0 Å². The second kappa shape index (κ2) is 4.21. The van der Waals surface area contributed by atoms with Crippen molar-refractivity contribution in [3.63, 3.8) is 0 Å². The molecule has 0 N–H and O–H groups in total. The monoisotopic (exact) mass is 288 g/mol. The molecule has 4 aliphatic rings. The van der Waals surface area contributed by atoms with Gasteiger partial charge in [-0.2, -0.15) is 0 Å². The van der Waals surface area contributed by atoms with Gasteiger partial charge in [0.05, 0.1) is 12.0 Å². The van der Waals surface area contributed by atoms with Gasteiger partial charge >= 0.3 is 5.97 Å². The van der Waals surface area contributed by atoms with Gasteiger partial charge in [0.2, 0.25) is 0 Å². The van der Waals surface area contributed by atoms with Crippen molar-refractivity contribution in [1.29, 1.82) is 0 Å². The summed E-state index contributed by atoms with van der Waals surface area (Å²) in [7, 11) is 0. The van der Waals surface area contributed by atoms with E-state index in [0.29, 0.717) is 36.6 Å². The third kappa shape index (κ3) is 1.66. The highest BCUT2D eigenvalue weighted by Crippen LogP contribution is 2.62. The highest BCUT2D eigenvalue weighted by Gasteiger charge is 2.60. The van der Waals surface area contributed by atoms with Gasteiger partial charge in [0.25, 0.3) is 0 Å². The Bertz CT molecular complexity index is 549. The smallest absolute Gasteiger partial charge is 0.312 e. The Morgan fingerprint density at radius 3 is 2.67 bits per heavy atom. The lowest BCUT2D eigenvalue weighted by atomic mass is 9.47. The first kappa shape index (κ1) is 13.5. The van der Waals surface area contributed by atoms with Gasteiger partial charge < -0.3 is 4.74 Å². The Labute approximate surface area is 126 Å². The molecule has 114 valence electrons. The minimum absolute atomic E-state index is 0.0243. The summed E-state index contributed by atoms with van der Waals surface area (Å²) in [5.41, 5.74) is 1.32. The normalized spacial score (nSPS) is 48.9. The van der Waals surface area contributed by atoms with Gasteiger partial charge in [-0.05, 0) is 62.4 Å². The van der Waals surface area contributed by atoms with Crippen LogP contribution >= 0.6 is 0 Å². The van der Waals surface area contributed by atoms with E-state index >= 15 is 0 Å². The molecule has 0 bridgehead atoms. The Morgan fingerprint density at radius 1 is 1.05 bits per heavy atom. The van der Waals surface area contributed by atoms with Gasteiger partial charge in [-0.25, -0.2) is 0 Å². The zero-order chi connectivity index (χ0) is 14.8. The number of hydrogen-bond acceptors (Lipinski definition) is 3. The lowest BCUT2D eigenvalue weighted by Gasteiger charge is -2.55. The van der Waals surface area contributed by atoms with Crippen molar-refractivity contribution in [3.05, 3.63) is 11.6 Å². The largest absolute Gasteiger partial charge is 0.465 e. The van der Waals surface area contributed by atoms with Gasteiger partial charge in [0, 0.05) is 12.3 Å². The van der Waals surface area contributed by atoms with Crippen molar-refractivity contribution in [2.75, 3.05) is 6.61 Å². The van der Waals surface area contributed by atoms with Crippen molar-refractivity contribution < 1.29 is 14.3 Å². The molecule has 1 aliphatic heterocycles. The van der Waals surface area contributed by atoms with E-state index in [-0.39, 0.29) is 16.8 Å². The van der Waals surface area contributed by atoms with Gasteiger partial charge in [-0.3, -0.25) is 9.59 Å². The van der Waals surface area contributed by atoms with Gasteiger partial charge in [-0.15, -0.1) is 0 Å². The molecule has 1 heterocycles. The first-order valence-electron chi connectivity index (χ1n) is 8.36. The van der Waals surface area contributed by atoms with Gasteiger partial charge in [0.1, 0.15) is 0 Å². The van der Waals surface area contributed by atoms with Crippen LogP contribution in [0.5, 0.6) is 0 Å². The van der Waals surface area contributed by atoms with Crippen molar-refractivity contribution in [2.45, 2.75) is 52.4 Å². The Hall–Kier alpha value is -1.12. The number of allylic oxidation sites excluding steroid dienone is 2. The molecule has 5 atom stereocenters. The van der Waals surface area contributed by atoms with Crippen molar-refractivity contribution >= 4 is 11.8 Å². The van der Waals surface area contributed by atoms with Gasteiger partial charge in [-0.1, -0.05) is 12.5 Å². The van der Waals surface area contributed by atoms with E-state index in [2.05, 4.69) is 13.8 Å². The molecule has 3 nitrogen and oxygen atoms in total. The van der Waals surface area contributed by atoms with Crippen LogP contribution in [0.2, 0.25) is 0 Å². The van der Waals surface area contributed by atoms with Crippen LogP contribution in [0, 0.1) is 28.6 Å². The number of cyclic esters (lactones) is 1. The van der Waals surface area contributed by atoms with Crippen LogP contribution in [0.1, 0.15) is 52.4 Å². The van der Waals surface area contributed by atoms with Crippen LogP contribution in [-0.2, 0) is 14.3 Å². The lowest BCUT2D eigenvalue weighted by molar-refractivity contribution is -0.148. The molecular formula is C18H24O3. The lowest BCUT2D eigenvalue weighted by Crippen LogP contribution is -2.51. The maximum Gasteiger partial charge on any atom is 0.312 e. The van der Waals surface area contributed by atoms with Crippen molar-refractivity contribution in [1.82, 2.24) is 0 Å². The zero-order valence-corrected chi connectivity index (χ0v) is 13.0. The highest BCUT2D eigenvalue weighted by atomic mass is 16.5. The van der Waals surface area contributed by atoms with E-state index in [1.165, 1.54) is 5.57 Å². The van der Waals surface area contributed by atoms with Crippen LogP contribution in [0.4, 0.5) is 0 Å². The molecule has 2 saturated carbocycles. The fraction of sp³-hybridized carbons (Fsp3) is 0.778. The minimum Gasteiger partial charge on any atom is -0.465 e. The second-order valence-corrected chi connectivity index (χ2v) is 8.02. The molecule has 3 unspecified atom stereocenters. The summed E-state index contributed by atoms with van der Waals surface area (Å²) in [5.74, 6) is 1.93. The Kier molecular flexibility index (Phi) is 2.71. The fourth-order valence-corrected chi connectivity index (χ4v) is 5.77. The first-order valence-corrected chi connectivity index (χ1v) is 8.36. The highest BCUT2D eigenvalue weighted by molar-refractivity contribution is 5.91. The standard InChI is InChI=1S/C18H24O3/c1-17-7-5-12(19)9-11(17)3-4-13-14(17)6-8-18(2)15(13)10-21-16(18)20/h9,13-15H,3-8,10H2,1-2H3/t13?,14?,15?,17-,18-/m0/s1. The molecule has 0 radical (unpaired) electrons. The van der Waals surface area contributed by atoms with Crippen molar-refractivity contribution in [2.24, 2.45) is 28.6 Å². The number of carbonyl (C=O) groups excluding carboxylic acids is 2. The van der Waals surface area contributed by atoms with Crippen LogP contribution in [0.15, 0.2) is 11.6 Å². The fourth-order valence-electron chi connectivity index (χ4n) is 5.77. The van der Waals surface area contributed by atoms with Crippen LogP contribution in [-0.4, -0.2) is 18.4 Å². The van der Waals surface area contributed by atoms with Crippen LogP contribution < -0.4 is 0 Å². The summed E-state index contributed by atoms with van der Waals surface area (Å²) in [6, 6.07) is 0. The summed E-state index contributed by atoms with van der Waals surface area (Å²) in [5, 5.41) is 0. The predicted octanol–water partition coefficient (Wildman–Crippen LogP) is 3.28. The maximum absolute atomic E-state index is 12.1. The van der Waals surface area contributed by atoms with E-state index < -0.39 is 0 Å². The molecule has 4 rings (SSSR count). The first-order chi connectivity index (χ1) is 9.95. The van der Waals surface area contributed by atoms with E-state index in [1.54, 1.807) is 0 Å². The SMILES string of the molecule is C[C@]12CCC(=O)C=C1CCC1C2CC[C@]2(C)C(=O)OCC12. The average Bonchev–Trinajstić information content (AvgIpc) is 2.76. The number of esters is 1. The summed E-state index contributed by atoms with van der Waals surface area (Å²) < 4.78 is 5.43. The van der Waals surface area contributed by atoms with Gasteiger partial charge in [0.15, 0.2) is 5.78 Å². The second-order valence-electron chi connectivity index (χ2n) is 8.02. The molecule has 3 heteroatoms. The van der Waals surface area contributed by atoms with E-state index in [9.17, 15) is 9.59 Å². The molecule has 1 saturated heterocycles. The molecular weight excluding hydrogens is 264 g/mol. The number of rotatable bonds is 0. The third-order valence-corrected chi connectivity index (χ3v) is 7.21. The maximum atomic E-state index is 12.1. The van der Waals surface area contributed by atoms with Crippen LogP contribution in [0.25, 0.3) is 0 Å². The Morgan fingerprint density at radius 2 is 1.86 bits per heavy atom. The van der Waals surface area contributed by atoms with E-state index in [0.717, 1.165) is 32.1 Å². The molecule has 0 aromatic heterocycles. The molecule has 0 aromatic rings. The summed E-state index contributed by atoms with van der Waals surface area (Å²) in [4.78, 5) is 23.9. The summed E-state index contributed by atoms with van der Waals surface area (Å²) in [6.07, 6.45) is 7.84. The molecule has 0 aromatic carbocycles.